The monoisotopic (exact) mass is 397 g/mol. The van der Waals surface area contributed by atoms with Crippen molar-refractivity contribution in [1.29, 1.82) is 0 Å². The molecule has 6 nitrogen and oxygen atoms in total. The Morgan fingerprint density at radius 3 is 2.27 bits per heavy atom. The fourth-order valence-corrected chi connectivity index (χ4v) is 2.87. The standard InChI is InChI=1S/C24H23N5O/c1-29(2)19-14-12-18(13-15-19)26-23-16-17-25-24(28-23)27-21-10-6-7-11-22(21)30-20-8-4-3-5-9-20/h3-17H,1-2H3,(H2,25,26,27,28). The molecule has 0 fully saturated rings. The minimum absolute atomic E-state index is 0.481. The molecule has 0 aliphatic rings. The molecule has 0 atom stereocenters. The molecule has 4 aromatic rings. The van der Waals surface area contributed by atoms with Crippen molar-refractivity contribution in [2.45, 2.75) is 0 Å². The molecule has 0 saturated carbocycles. The number of ether oxygens (including phenoxy) is 1. The lowest BCUT2D eigenvalue weighted by Gasteiger charge is -2.14. The largest absolute Gasteiger partial charge is 0.455 e. The van der Waals surface area contributed by atoms with Crippen LogP contribution < -0.4 is 20.3 Å². The lowest BCUT2D eigenvalue weighted by Crippen LogP contribution is -2.08. The molecule has 6 heteroatoms. The molecule has 0 amide bonds. The first-order valence-electron chi connectivity index (χ1n) is 9.64. The van der Waals surface area contributed by atoms with Crippen molar-refractivity contribution in [1.82, 2.24) is 9.97 Å². The highest BCUT2D eigenvalue weighted by atomic mass is 16.5. The minimum Gasteiger partial charge on any atom is -0.455 e. The van der Waals surface area contributed by atoms with Crippen LogP contribution in [0.4, 0.5) is 28.8 Å². The first-order chi connectivity index (χ1) is 14.7. The number of rotatable bonds is 7. The molecule has 150 valence electrons. The summed E-state index contributed by atoms with van der Waals surface area (Å²) >= 11 is 0. The van der Waals surface area contributed by atoms with Gasteiger partial charge in [0.2, 0.25) is 5.95 Å². The number of para-hydroxylation sites is 3. The highest BCUT2D eigenvalue weighted by molar-refractivity contribution is 5.65. The quantitative estimate of drug-likeness (QED) is 0.410. The van der Waals surface area contributed by atoms with Crippen LogP contribution in [-0.2, 0) is 0 Å². The van der Waals surface area contributed by atoms with Crippen LogP contribution in [-0.4, -0.2) is 24.1 Å². The number of nitrogens with zero attached hydrogens (tertiary/aromatic N) is 3. The summed E-state index contributed by atoms with van der Waals surface area (Å²) in [6, 6.07) is 27.4. The maximum Gasteiger partial charge on any atom is 0.229 e. The molecule has 0 unspecified atom stereocenters. The molecular weight excluding hydrogens is 374 g/mol. The number of anilines is 5. The Morgan fingerprint density at radius 2 is 1.50 bits per heavy atom. The van der Waals surface area contributed by atoms with Gasteiger partial charge in [-0.05, 0) is 54.6 Å². The van der Waals surface area contributed by atoms with Crippen molar-refractivity contribution in [3.63, 3.8) is 0 Å². The lowest BCUT2D eigenvalue weighted by atomic mass is 10.2. The summed E-state index contributed by atoms with van der Waals surface area (Å²) in [4.78, 5) is 11.0. The summed E-state index contributed by atoms with van der Waals surface area (Å²) < 4.78 is 6.00. The van der Waals surface area contributed by atoms with Crippen molar-refractivity contribution in [2.24, 2.45) is 0 Å². The zero-order chi connectivity index (χ0) is 20.8. The van der Waals surface area contributed by atoms with Gasteiger partial charge in [0, 0.05) is 31.7 Å². The summed E-state index contributed by atoms with van der Waals surface area (Å²) in [5.41, 5.74) is 2.88. The SMILES string of the molecule is CN(C)c1ccc(Nc2ccnc(Nc3ccccc3Oc3ccccc3)n2)cc1. The third-order valence-corrected chi connectivity index (χ3v) is 4.42. The topological polar surface area (TPSA) is 62.3 Å². The Balaban J connectivity index is 1.50. The van der Waals surface area contributed by atoms with Crippen LogP contribution in [0.15, 0.2) is 91.1 Å². The molecule has 0 spiro atoms. The highest BCUT2D eigenvalue weighted by Crippen LogP contribution is 2.31. The van der Waals surface area contributed by atoms with Crippen molar-refractivity contribution in [3.05, 3.63) is 91.1 Å². The Labute approximate surface area is 176 Å². The second-order valence-corrected chi connectivity index (χ2v) is 6.87. The second-order valence-electron chi connectivity index (χ2n) is 6.87. The van der Waals surface area contributed by atoms with E-state index in [-0.39, 0.29) is 0 Å². The minimum atomic E-state index is 0.481. The number of hydrogen-bond acceptors (Lipinski definition) is 6. The summed E-state index contributed by atoms with van der Waals surface area (Å²) in [5.74, 6) is 2.65. The van der Waals surface area contributed by atoms with Gasteiger partial charge in [-0.25, -0.2) is 4.98 Å². The summed E-state index contributed by atoms with van der Waals surface area (Å²) in [6.07, 6.45) is 1.71. The first kappa shape index (κ1) is 19.3. The Bertz CT molecular complexity index is 1100. The van der Waals surface area contributed by atoms with Gasteiger partial charge in [0.1, 0.15) is 11.6 Å². The van der Waals surface area contributed by atoms with Crippen LogP contribution in [0.3, 0.4) is 0 Å². The van der Waals surface area contributed by atoms with Crippen LogP contribution in [0.25, 0.3) is 0 Å². The molecule has 0 aliphatic carbocycles. The zero-order valence-electron chi connectivity index (χ0n) is 16.9. The predicted octanol–water partition coefficient (Wildman–Crippen LogP) is 5.82. The number of aromatic nitrogens is 2. The number of benzene rings is 3. The average molecular weight is 397 g/mol. The van der Waals surface area contributed by atoms with Gasteiger partial charge >= 0.3 is 0 Å². The Morgan fingerprint density at radius 1 is 0.767 bits per heavy atom. The Hall–Kier alpha value is -4.06. The molecule has 0 bridgehead atoms. The smallest absolute Gasteiger partial charge is 0.229 e. The molecular formula is C24H23N5O. The van der Waals surface area contributed by atoms with E-state index in [0.717, 1.165) is 22.8 Å². The molecule has 0 aliphatic heterocycles. The molecule has 1 heterocycles. The molecule has 2 N–H and O–H groups in total. The van der Waals surface area contributed by atoms with Crippen molar-refractivity contribution >= 4 is 28.8 Å². The number of hydrogen-bond donors (Lipinski definition) is 2. The van der Waals surface area contributed by atoms with Crippen LogP contribution >= 0.6 is 0 Å². The van der Waals surface area contributed by atoms with E-state index in [1.807, 2.05) is 86.9 Å². The third kappa shape index (κ3) is 4.86. The fourth-order valence-electron chi connectivity index (χ4n) is 2.87. The van der Waals surface area contributed by atoms with Crippen molar-refractivity contribution in [2.75, 3.05) is 29.6 Å². The van der Waals surface area contributed by atoms with E-state index >= 15 is 0 Å². The summed E-state index contributed by atoms with van der Waals surface area (Å²) in [5, 5.41) is 6.56. The summed E-state index contributed by atoms with van der Waals surface area (Å²) in [6.45, 7) is 0. The first-order valence-corrected chi connectivity index (χ1v) is 9.64. The van der Waals surface area contributed by atoms with E-state index in [2.05, 4.69) is 37.6 Å². The van der Waals surface area contributed by atoms with Crippen LogP contribution in [0.1, 0.15) is 0 Å². The molecule has 0 saturated heterocycles. The van der Waals surface area contributed by atoms with Gasteiger partial charge in [-0.1, -0.05) is 30.3 Å². The number of nitrogens with one attached hydrogen (secondary N) is 2. The van der Waals surface area contributed by atoms with Crippen LogP contribution in [0.2, 0.25) is 0 Å². The molecule has 30 heavy (non-hydrogen) atoms. The predicted molar refractivity (Wildman–Crippen MR) is 122 cm³/mol. The normalized spacial score (nSPS) is 10.3. The second kappa shape index (κ2) is 8.96. The van der Waals surface area contributed by atoms with Gasteiger partial charge in [-0.15, -0.1) is 0 Å². The highest BCUT2D eigenvalue weighted by Gasteiger charge is 2.07. The third-order valence-electron chi connectivity index (χ3n) is 4.42. The maximum absolute atomic E-state index is 6.00. The van der Waals surface area contributed by atoms with E-state index in [0.29, 0.717) is 17.5 Å². The van der Waals surface area contributed by atoms with E-state index in [9.17, 15) is 0 Å². The van der Waals surface area contributed by atoms with Gasteiger partial charge in [-0.2, -0.15) is 4.98 Å². The fraction of sp³-hybridized carbons (Fsp3) is 0.0833. The van der Waals surface area contributed by atoms with Gasteiger partial charge in [0.15, 0.2) is 5.75 Å². The van der Waals surface area contributed by atoms with E-state index < -0.39 is 0 Å². The molecule has 3 aromatic carbocycles. The van der Waals surface area contributed by atoms with Crippen molar-refractivity contribution < 1.29 is 4.74 Å². The van der Waals surface area contributed by atoms with E-state index in [1.54, 1.807) is 6.20 Å². The van der Waals surface area contributed by atoms with Crippen LogP contribution in [0, 0.1) is 0 Å². The van der Waals surface area contributed by atoms with Crippen molar-refractivity contribution in [3.8, 4) is 11.5 Å². The average Bonchev–Trinajstić information content (AvgIpc) is 2.76. The van der Waals surface area contributed by atoms with Gasteiger partial charge in [-0.3, -0.25) is 0 Å². The Kier molecular flexibility index (Phi) is 5.75. The lowest BCUT2D eigenvalue weighted by molar-refractivity contribution is 0.485. The molecule has 1 aromatic heterocycles. The van der Waals surface area contributed by atoms with Crippen LogP contribution in [0.5, 0.6) is 11.5 Å². The van der Waals surface area contributed by atoms with Gasteiger partial charge < -0.3 is 20.3 Å². The zero-order valence-corrected chi connectivity index (χ0v) is 16.9. The van der Waals surface area contributed by atoms with E-state index in [1.165, 1.54) is 0 Å². The van der Waals surface area contributed by atoms with Gasteiger partial charge in [0.05, 0.1) is 5.69 Å². The summed E-state index contributed by atoms with van der Waals surface area (Å²) in [7, 11) is 4.04. The van der Waals surface area contributed by atoms with E-state index in [4.69, 9.17) is 4.74 Å². The molecule has 4 rings (SSSR count). The molecule has 0 radical (unpaired) electrons. The maximum atomic E-state index is 6.00. The van der Waals surface area contributed by atoms with Gasteiger partial charge in [0.25, 0.3) is 0 Å².